The van der Waals surface area contributed by atoms with E-state index in [-0.39, 0.29) is 18.4 Å². The molecular weight excluding hydrogens is 440 g/mol. The van der Waals surface area contributed by atoms with Crippen molar-refractivity contribution in [3.05, 3.63) is 90.5 Å². The van der Waals surface area contributed by atoms with Gasteiger partial charge in [-0.05, 0) is 59.8 Å². The van der Waals surface area contributed by atoms with E-state index in [4.69, 9.17) is 0 Å². The zero-order valence-corrected chi connectivity index (χ0v) is 19.5. The molecule has 4 heterocycles. The average Bonchev–Trinajstić information content (AvgIpc) is 3.39. The molecule has 1 aromatic carbocycles. The second-order valence-electron chi connectivity index (χ2n) is 8.69. The number of anilines is 1. The number of hydrogen-bond donors (Lipinski definition) is 1. The molecule has 0 spiro atoms. The van der Waals surface area contributed by atoms with Crippen LogP contribution in [-0.2, 0) is 11.2 Å². The molecule has 8 heteroatoms. The van der Waals surface area contributed by atoms with Crippen LogP contribution in [-0.4, -0.2) is 75.8 Å². The van der Waals surface area contributed by atoms with Crippen LogP contribution >= 0.6 is 0 Å². The first-order valence-corrected chi connectivity index (χ1v) is 11.9. The van der Waals surface area contributed by atoms with Crippen molar-refractivity contribution in [1.29, 1.82) is 0 Å². The Balaban J connectivity index is 1.24. The Morgan fingerprint density at radius 3 is 2.54 bits per heavy atom. The minimum Gasteiger partial charge on any atom is -0.361 e. The molecule has 0 saturated carbocycles. The number of H-pyrrole nitrogens is 1. The third-order valence-corrected chi connectivity index (χ3v) is 6.46. The zero-order valence-electron chi connectivity index (χ0n) is 19.5. The predicted molar refractivity (Wildman–Crippen MR) is 135 cm³/mol. The standard InChI is InChI=1S/C27H28N6O2/c34-26(32-17-15-31(16-18-32)14-9-21-6-11-28-12-7-21)20-33(25-3-1-2-10-30-25)27(35)23-5-4-22-8-13-29-24(22)19-23/h1-8,10-13,19,29H,9,14-18,20H2. The van der Waals surface area contributed by atoms with E-state index in [1.807, 2.05) is 59.9 Å². The Morgan fingerprint density at radius 1 is 0.943 bits per heavy atom. The van der Waals surface area contributed by atoms with E-state index >= 15 is 0 Å². The van der Waals surface area contributed by atoms with Crippen LogP contribution in [0.2, 0.25) is 0 Å². The maximum atomic E-state index is 13.5. The number of rotatable bonds is 7. The molecule has 35 heavy (non-hydrogen) atoms. The predicted octanol–water partition coefficient (Wildman–Crippen LogP) is 2.99. The maximum absolute atomic E-state index is 13.5. The third kappa shape index (κ3) is 5.38. The number of carbonyl (C=O) groups is 2. The highest BCUT2D eigenvalue weighted by Gasteiger charge is 2.27. The van der Waals surface area contributed by atoms with E-state index < -0.39 is 0 Å². The fourth-order valence-corrected chi connectivity index (χ4v) is 4.40. The highest BCUT2D eigenvalue weighted by molar-refractivity contribution is 6.09. The second-order valence-corrected chi connectivity index (χ2v) is 8.69. The van der Waals surface area contributed by atoms with Gasteiger partial charge in [0.25, 0.3) is 5.91 Å². The van der Waals surface area contributed by atoms with Crippen LogP contribution in [0.15, 0.2) is 79.4 Å². The molecule has 1 aliphatic heterocycles. The summed E-state index contributed by atoms with van der Waals surface area (Å²) in [6.45, 7) is 3.83. The van der Waals surface area contributed by atoms with Gasteiger partial charge in [-0.3, -0.25) is 24.4 Å². The summed E-state index contributed by atoms with van der Waals surface area (Å²) in [5, 5.41) is 1.03. The van der Waals surface area contributed by atoms with Gasteiger partial charge in [-0.2, -0.15) is 0 Å². The molecule has 0 bridgehead atoms. The monoisotopic (exact) mass is 468 g/mol. The molecule has 4 aromatic rings. The largest absolute Gasteiger partial charge is 0.361 e. The molecule has 178 valence electrons. The van der Waals surface area contributed by atoms with Gasteiger partial charge in [-0.25, -0.2) is 4.98 Å². The highest BCUT2D eigenvalue weighted by Crippen LogP contribution is 2.19. The summed E-state index contributed by atoms with van der Waals surface area (Å²) in [5.74, 6) is 0.150. The Bertz CT molecular complexity index is 1280. The number of nitrogens with one attached hydrogen (secondary N) is 1. The highest BCUT2D eigenvalue weighted by atomic mass is 16.2. The SMILES string of the molecule is O=C(CN(C(=O)c1ccc2cc[nH]c2c1)c1ccccn1)N1CCN(CCc2ccncc2)CC1. The molecule has 1 aliphatic rings. The minimum atomic E-state index is -0.246. The van der Waals surface area contributed by atoms with Crippen molar-refractivity contribution in [2.75, 3.05) is 44.2 Å². The van der Waals surface area contributed by atoms with E-state index in [9.17, 15) is 9.59 Å². The van der Waals surface area contributed by atoms with Crippen molar-refractivity contribution >= 4 is 28.5 Å². The third-order valence-electron chi connectivity index (χ3n) is 6.46. The fraction of sp³-hybridized carbons (Fsp3) is 0.259. The van der Waals surface area contributed by atoms with Gasteiger partial charge in [0.2, 0.25) is 5.91 Å². The second kappa shape index (κ2) is 10.5. The summed E-state index contributed by atoms with van der Waals surface area (Å²) in [5.41, 5.74) is 2.66. The van der Waals surface area contributed by atoms with E-state index in [0.29, 0.717) is 24.5 Å². The normalized spacial score (nSPS) is 14.2. The quantitative estimate of drug-likeness (QED) is 0.451. The lowest BCUT2D eigenvalue weighted by atomic mass is 10.1. The number of hydrogen-bond acceptors (Lipinski definition) is 5. The van der Waals surface area contributed by atoms with Gasteiger partial charge in [-0.15, -0.1) is 0 Å². The molecule has 1 N–H and O–H groups in total. The van der Waals surface area contributed by atoms with E-state index in [2.05, 4.69) is 19.9 Å². The molecule has 0 unspecified atom stereocenters. The van der Waals surface area contributed by atoms with Crippen LogP contribution < -0.4 is 4.90 Å². The number of piperazine rings is 1. The number of carbonyl (C=O) groups excluding carboxylic acids is 2. The Labute approximate surface area is 204 Å². The van der Waals surface area contributed by atoms with Gasteiger partial charge in [0, 0.05) is 68.6 Å². The number of aromatic nitrogens is 3. The number of pyridine rings is 2. The summed E-state index contributed by atoms with van der Waals surface area (Å²) in [6.07, 6.45) is 8.07. The maximum Gasteiger partial charge on any atom is 0.259 e. The van der Waals surface area contributed by atoms with Crippen LogP contribution in [0.5, 0.6) is 0 Å². The number of fused-ring (bicyclic) bond motifs is 1. The summed E-state index contributed by atoms with van der Waals surface area (Å²) in [6, 6.07) is 16.9. The van der Waals surface area contributed by atoms with Crippen LogP contribution in [0.3, 0.4) is 0 Å². The van der Waals surface area contributed by atoms with Crippen molar-refractivity contribution in [2.45, 2.75) is 6.42 Å². The van der Waals surface area contributed by atoms with E-state index in [1.165, 1.54) is 10.5 Å². The van der Waals surface area contributed by atoms with E-state index in [1.54, 1.807) is 24.4 Å². The van der Waals surface area contributed by atoms with Gasteiger partial charge in [0.1, 0.15) is 12.4 Å². The molecule has 3 aromatic heterocycles. The van der Waals surface area contributed by atoms with Crippen LogP contribution in [0, 0.1) is 0 Å². The topological polar surface area (TPSA) is 85.4 Å². The Morgan fingerprint density at radius 2 is 1.77 bits per heavy atom. The summed E-state index contributed by atoms with van der Waals surface area (Å²) < 4.78 is 0. The molecule has 2 amide bonds. The number of aromatic amines is 1. The lowest BCUT2D eigenvalue weighted by molar-refractivity contribution is -0.131. The molecule has 0 radical (unpaired) electrons. The van der Waals surface area contributed by atoms with Crippen LogP contribution in [0.4, 0.5) is 5.82 Å². The Hall–Kier alpha value is -4.04. The smallest absolute Gasteiger partial charge is 0.259 e. The van der Waals surface area contributed by atoms with Gasteiger partial charge in [-0.1, -0.05) is 12.1 Å². The van der Waals surface area contributed by atoms with Gasteiger partial charge in [0.15, 0.2) is 0 Å². The lowest BCUT2D eigenvalue weighted by Gasteiger charge is -2.35. The first-order valence-electron chi connectivity index (χ1n) is 11.9. The van der Waals surface area contributed by atoms with Crippen molar-refractivity contribution < 1.29 is 9.59 Å². The summed E-state index contributed by atoms with van der Waals surface area (Å²) in [4.78, 5) is 44.0. The van der Waals surface area contributed by atoms with Crippen molar-refractivity contribution in [2.24, 2.45) is 0 Å². The lowest BCUT2D eigenvalue weighted by Crippen LogP contribution is -2.52. The number of benzene rings is 1. The van der Waals surface area contributed by atoms with E-state index in [0.717, 1.165) is 37.0 Å². The molecule has 1 fully saturated rings. The molecule has 1 saturated heterocycles. The number of nitrogens with zero attached hydrogens (tertiary/aromatic N) is 5. The van der Waals surface area contributed by atoms with Crippen molar-refractivity contribution in [1.82, 2.24) is 24.8 Å². The van der Waals surface area contributed by atoms with Crippen molar-refractivity contribution in [3.63, 3.8) is 0 Å². The van der Waals surface area contributed by atoms with Gasteiger partial charge >= 0.3 is 0 Å². The Kier molecular flexibility index (Phi) is 6.81. The summed E-state index contributed by atoms with van der Waals surface area (Å²) >= 11 is 0. The average molecular weight is 469 g/mol. The van der Waals surface area contributed by atoms with Crippen LogP contribution in [0.25, 0.3) is 10.9 Å². The van der Waals surface area contributed by atoms with Crippen molar-refractivity contribution in [3.8, 4) is 0 Å². The van der Waals surface area contributed by atoms with Gasteiger partial charge in [0.05, 0.1) is 0 Å². The molecule has 0 atom stereocenters. The van der Waals surface area contributed by atoms with Gasteiger partial charge < -0.3 is 9.88 Å². The molecule has 5 rings (SSSR count). The van der Waals surface area contributed by atoms with Crippen LogP contribution in [0.1, 0.15) is 15.9 Å². The molecule has 8 nitrogen and oxygen atoms in total. The molecule has 0 aliphatic carbocycles. The minimum absolute atomic E-state index is 0.0460. The fourth-order valence-electron chi connectivity index (χ4n) is 4.40. The molecular formula is C27H28N6O2. The zero-order chi connectivity index (χ0) is 24.0. The summed E-state index contributed by atoms with van der Waals surface area (Å²) in [7, 11) is 0. The first-order chi connectivity index (χ1) is 17.2. The first kappa shape index (κ1) is 22.7. The number of amides is 2.